The Labute approximate surface area is 282 Å². The van der Waals surface area contributed by atoms with Crippen LogP contribution in [0.5, 0.6) is 0 Å². The number of rotatable bonds is 5. The standard InChI is InChI=1S/C38H40N4OS3/c1-22(2)24-11-13-28-25(19-24)12-14-30-37(28,4)15-8-16-38(30,5)31-20-27(29-10-7-18-45-29)32-33-34(46-35(32)41-31)36(43)42(23(3)40-33)39-21-26-9-6-17-44-26/h6-7,9-10,12,17-22,28,30H,8,11,13-16H2,1-5H3/b39-21+/t28-,30+,37+,38+/m0/s1. The molecule has 46 heavy (non-hydrogen) atoms. The predicted molar refractivity (Wildman–Crippen MR) is 196 cm³/mol. The largest absolute Gasteiger partial charge is 0.292 e. The van der Waals surface area contributed by atoms with Crippen LogP contribution >= 0.6 is 34.0 Å². The average molecular weight is 665 g/mol. The predicted octanol–water partition coefficient (Wildman–Crippen LogP) is 10.4. The van der Waals surface area contributed by atoms with Crippen molar-refractivity contribution in [1.82, 2.24) is 14.6 Å². The fourth-order valence-electron chi connectivity index (χ4n) is 8.97. The van der Waals surface area contributed by atoms with Gasteiger partial charge in [-0.25, -0.2) is 9.97 Å². The summed E-state index contributed by atoms with van der Waals surface area (Å²) in [5.74, 6) is 2.31. The normalized spacial score (nSPS) is 26.5. The SMILES string of the molecule is Cc1nc2c(sc3nc([C@]4(C)CCC[C@@]5(C)[C@H]4CC=C4C=C(C(C)C)CC[C@@H]45)cc(-c4cccs4)c32)c(=O)n1/N=C/c1cccs1. The molecule has 3 aliphatic rings. The molecule has 5 nitrogen and oxygen atoms in total. The molecule has 0 aromatic carbocycles. The first-order chi connectivity index (χ1) is 22.2. The van der Waals surface area contributed by atoms with Gasteiger partial charge in [0.2, 0.25) is 0 Å². The molecule has 8 heteroatoms. The number of thiophene rings is 3. The molecule has 8 rings (SSSR count). The zero-order valence-corrected chi connectivity index (χ0v) is 29.6. The molecule has 0 N–H and O–H groups in total. The monoisotopic (exact) mass is 664 g/mol. The molecule has 5 heterocycles. The van der Waals surface area contributed by atoms with Crippen LogP contribution in [0.15, 0.2) is 74.3 Å². The fraction of sp³-hybridized carbons (Fsp3) is 0.421. The highest BCUT2D eigenvalue weighted by atomic mass is 32.1. The summed E-state index contributed by atoms with van der Waals surface area (Å²) in [7, 11) is 0. The van der Waals surface area contributed by atoms with Gasteiger partial charge in [0.25, 0.3) is 5.56 Å². The molecule has 0 aliphatic heterocycles. The average Bonchev–Trinajstić information content (AvgIpc) is 3.82. The Morgan fingerprint density at radius 1 is 1.11 bits per heavy atom. The van der Waals surface area contributed by atoms with Crippen LogP contribution in [0, 0.1) is 30.1 Å². The third-order valence-electron chi connectivity index (χ3n) is 11.4. The smallest absolute Gasteiger partial charge is 0.266 e. The van der Waals surface area contributed by atoms with E-state index in [1.807, 2.05) is 24.4 Å². The Hall–Kier alpha value is -3.20. The van der Waals surface area contributed by atoms with Gasteiger partial charge in [-0.1, -0.05) is 64.0 Å². The number of fused-ring (bicyclic) bond motifs is 6. The molecule has 1 fully saturated rings. The van der Waals surface area contributed by atoms with Gasteiger partial charge in [0.15, 0.2) is 0 Å². The quantitative estimate of drug-likeness (QED) is 0.176. The molecule has 5 aromatic rings. The first kappa shape index (κ1) is 30.2. The lowest BCUT2D eigenvalue weighted by Gasteiger charge is -2.58. The van der Waals surface area contributed by atoms with Crippen molar-refractivity contribution < 1.29 is 0 Å². The number of hydrogen-bond acceptors (Lipinski definition) is 7. The van der Waals surface area contributed by atoms with Gasteiger partial charge in [-0.05, 0) is 96.7 Å². The molecule has 0 amide bonds. The van der Waals surface area contributed by atoms with Gasteiger partial charge >= 0.3 is 0 Å². The van der Waals surface area contributed by atoms with Crippen molar-refractivity contribution >= 4 is 60.7 Å². The number of nitrogens with zero attached hydrogens (tertiary/aromatic N) is 4. The second-order valence-corrected chi connectivity index (χ2v) is 17.2. The minimum Gasteiger partial charge on any atom is -0.266 e. The van der Waals surface area contributed by atoms with Crippen molar-refractivity contribution in [2.75, 3.05) is 0 Å². The molecule has 0 radical (unpaired) electrons. The number of allylic oxidation sites excluding steroid dienone is 4. The van der Waals surface area contributed by atoms with Gasteiger partial charge in [-0.3, -0.25) is 4.79 Å². The van der Waals surface area contributed by atoms with Crippen molar-refractivity contribution in [1.29, 1.82) is 0 Å². The van der Waals surface area contributed by atoms with E-state index in [4.69, 9.17) is 9.97 Å². The number of pyridine rings is 1. The summed E-state index contributed by atoms with van der Waals surface area (Å²) in [5, 5.41) is 9.68. The lowest BCUT2D eigenvalue weighted by molar-refractivity contribution is -0.0104. The Morgan fingerprint density at radius 2 is 1.93 bits per heavy atom. The lowest BCUT2D eigenvalue weighted by Crippen LogP contribution is -2.52. The molecule has 3 aliphatic carbocycles. The zero-order chi connectivity index (χ0) is 31.8. The number of hydrogen-bond donors (Lipinski definition) is 0. The van der Waals surface area contributed by atoms with Crippen LogP contribution in [0.3, 0.4) is 0 Å². The Morgan fingerprint density at radius 3 is 2.70 bits per heavy atom. The van der Waals surface area contributed by atoms with E-state index in [1.54, 1.807) is 40.0 Å². The summed E-state index contributed by atoms with van der Waals surface area (Å²) < 4.78 is 2.05. The summed E-state index contributed by atoms with van der Waals surface area (Å²) in [6, 6.07) is 10.6. The topological polar surface area (TPSA) is 60.1 Å². The van der Waals surface area contributed by atoms with Crippen LogP contribution in [0.1, 0.15) is 82.6 Å². The van der Waals surface area contributed by atoms with Crippen molar-refractivity contribution in [2.24, 2.45) is 28.3 Å². The number of aryl methyl sites for hydroxylation is 1. The van der Waals surface area contributed by atoms with Crippen LogP contribution in [-0.4, -0.2) is 20.9 Å². The molecule has 4 atom stereocenters. The Bertz CT molecular complexity index is 2110. The van der Waals surface area contributed by atoms with Gasteiger partial charge in [-0.2, -0.15) is 9.78 Å². The Balaban J connectivity index is 1.29. The van der Waals surface area contributed by atoms with E-state index >= 15 is 0 Å². The van der Waals surface area contributed by atoms with Crippen LogP contribution in [0.25, 0.3) is 30.9 Å². The lowest BCUT2D eigenvalue weighted by atomic mass is 9.46. The highest BCUT2D eigenvalue weighted by Gasteiger charge is 2.55. The summed E-state index contributed by atoms with van der Waals surface area (Å²) in [6.45, 7) is 11.6. The molecule has 1 saturated carbocycles. The molecule has 0 spiro atoms. The summed E-state index contributed by atoms with van der Waals surface area (Å²) in [4.78, 5) is 27.5. The van der Waals surface area contributed by atoms with Gasteiger partial charge in [0, 0.05) is 31.8 Å². The van der Waals surface area contributed by atoms with E-state index < -0.39 is 0 Å². The first-order valence-electron chi connectivity index (χ1n) is 16.6. The Kier molecular flexibility index (Phi) is 7.35. The van der Waals surface area contributed by atoms with Crippen LogP contribution in [0.2, 0.25) is 0 Å². The van der Waals surface area contributed by atoms with E-state index in [2.05, 4.69) is 68.5 Å². The van der Waals surface area contributed by atoms with E-state index in [0.29, 0.717) is 28.3 Å². The van der Waals surface area contributed by atoms with Gasteiger partial charge < -0.3 is 0 Å². The van der Waals surface area contributed by atoms with Crippen LogP contribution in [-0.2, 0) is 5.41 Å². The second kappa shape index (κ2) is 11.2. The number of aromatic nitrogens is 3. The van der Waals surface area contributed by atoms with Gasteiger partial charge in [-0.15, -0.1) is 34.0 Å². The molecule has 0 saturated heterocycles. The van der Waals surface area contributed by atoms with E-state index in [0.717, 1.165) is 39.0 Å². The maximum atomic E-state index is 13.9. The molecule has 0 bridgehead atoms. The van der Waals surface area contributed by atoms with Crippen molar-refractivity contribution in [3.63, 3.8) is 0 Å². The van der Waals surface area contributed by atoms with Crippen molar-refractivity contribution in [3.8, 4) is 10.4 Å². The van der Waals surface area contributed by atoms with E-state index in [-0.39, 0.29) is 16.4 Å². The van der Waals surface area contributed by atoms with Crippen LogP contribution in [0.4, 0.5) is 0 Å². The third-order valence-corrected chi connectivity index (χ3v) is 14.2. The second-order valence-electron chi connectivity index (χ2n) is 14.3. The molecular weight excluding hydrogens is 625 g/mol. The van der Waals surface area contributed by atoms with Crippen molar-refractivity contribution in [2.45, 2.75) is 78.6 Å². The van der Waals surface area contributed by atoms with Crippen molar-refractivity contribution in [3.05, 3.63) is 91.1 Å². The fourth-order valence-corrected chi connectivity index (χ4v) is 11.4. The van der Waals surface area contributed by atoms with Gasteiger partial charge in [0.05, 0.1) is 11.7 Å². The molecule has 236 valence electrons. The summed E-state index contributed by atoms with van der Waals surface area (Å²) >= 11 is 4.81. The minimum atomic E-state index is -0.135. The molecule has 5 aromatic heterocycles. The first-order valence-corrected chi connectivity index (χ1v) is 19.1. The van der Waals surface area contributed by atoms with Gasteiger partial charge in [0.1, 0.15) is 15.4 Å². The highest BCUT2D eigenvalue weighted by Crippen LogP contribution is 2.62. The maximum absolute atomic E-state index is 13.9. The van der Waals surface area contributed by atoms with E-state index in [9.17, 15) is 4.79 Å². The zero-order valence-electron chi connectivity index (χ0n) is 27.2. The molecule has 0 unspecified atom stereocenters. The highest BCUT2D eigenvalue weighted by molar-refractivity contribution is 7.25. The third kappa shape index (κ3) is 4.66. The minimum absolute atomic E-state index is 0.0675. The maximum Gasteiger partial charge on any atom is 0.292 e. The summed E-state index contributed by atoms with van der Waals surface area (Å²) in [5.41, 5.74) is 6.30. The molecular formula is C38H40N4OS3. The van der Waals surface area contributed by atoms with E-state index in [1.165, 1.54) is 52.3 Å². The van der Waals surface area contributed by atoms with Crippen LogP contribution < -0.4 is 5.56 Å². The summed E-state index contributed by atoms with van der Waals surface area (Å²) in [6.07, 6.45) is 14.0.